The van der Waals surface area contributed by atoms with Crippen LogP contribution < -0.4 is 5.73 Å². The summed E-state index contributed by atoms with van der Waals surface area (Å²) in [5, 5.41) is 10.1. The number of aliphatic hydroxyl groups excluding tert-OH is 1. The molecule has 11 nitrogen and oxygen atoms in total. The summed E-state index contributed by atoms with van der Waals surface area (Å²) in [6, 6.07) is 0. The summed E-state index contributed by atoms with van der Waals surface area (Å²) in [7, 11) is -4.58. The number of anilines is 1. The van der Waals surface area contributed by atoms with E-state index in [-0.39, 0.29) is 18.8 Å². The molecule has 2 aromatic heterocycles. The lowest BCUT2D eigenvalue weighted by molar-refractivity contribution is -0.0481. The van der Waals surface area contributed by atoms with E-state index in [1.807, 2.05) is 0 Å². The Kier molecular flexibility index (Phi) is 3.85. The van der Waals surface area contributed by atoms with E-state index >= 15 is 0 Å². The summed E-state index contributed by atoms with van der Waals surface area (Å²) in [5.74, 6) is 0.206. The van der Waals surface area contributed by atoms with Crippen LogP contribution in [0.1, 0.15) is 12.6 Å². The van der Waals surface area contributed by atoms with Gasteiger partial charge in [-0.3, -0.25) is 9.09 Å². The van der Waals surface area contributed by atoms with Crippen molar-refractivity contribution in [2.45, 2.75) is 24.9 Å². The van der Waals surface area contributed by atoms with Crippen LogP contribution in [0.15, 0.2) is 12.7 Å². The Labute approximate surface area is 124 Å². The molecule has 0 radical (unpaired) electrons. The maximum absolute atomic E-state index is 10.7. The summed E-state index contributed by atoms with van der Waals surface area (Å²) in [5.41, 5.74) is 6.47. The molecule has 12 heteroatoms. The number of phosphoric ester groups is 1. The number of hydrogen-bond acceptors (Lipinski definition) is 8. The van der Waals surface area contributed by atoms with E-state index in [2.05, 4.69) is 19.5 Å². The normalized spacial score (nSPS) is 25.9. The third kappa shape index (κ3) is 2.95. The first-order valence-electron chi connectivity index (χ1n) is 6.32. The molecule has 0 aromatic carbocycles. The number of phosphoric acid groups is 1. The van der Waals surface area contributed by atoms with Gasteiger partial charge in [-0.25, -0.2) is 19.5 Å². The van der Waals surface area contributed by atoms with Gasteiger partial charge in [-0.15, -0.1) is 0 Å². The fraction of sp³-hybridized carbons (Fsp3) is 0.500. The Morgan fingerprint density at radius 1 is 1.45 bits per heavy atom. The standard InChI is InChI=1S/C10H14N5O6P/c11-8-7-9(13-3-12-8)15(4-14-7)10-6(16)1-5(21-10)2-20-22(17,18)19/h3-6,10,16H,1-2H2,(H2,11,12,13)(H2,17,18,19). The summed E-state index contributed by atoms with van der Waals surface area (Å²) < 4.78 is 22.2. The number of nitrogens with zero attached hydrogens (tertiary/aromatic N) is 4. The molecule has 5 N–H and O–H groups in total. The molecule has 3 rings (SSSR count). The van der Waals surface area contributed by atoms with Crippen LogP contribution in [-0.4, -0.2) is 53.2 Å². The molecule has 1 fully saturated rings. The van der Waals surface area contributed by atoms with Crippen LogP contribution in [0, 0.1) is 0 Å². The maximum Gasteiger partial charge on any atom is 0.469 e. The van der Waals surface area contributed by atoms with Gasteiger partial charge in [-0.2, -0.15) is 0 Å². The molecule has 120 valence electrons. The third-order valence-electron chi connectivity index (χ3n) is 3.26. The van der Waals surface area contributed by atoms with Crippen molar-refractivity contribution in [2.75, 3.05) is 12.3 Å². The average molecular weight is 331 g/mol. The molecule has 22 heavy (non-hydrogen) atoms. The number of aliphatic hydroxyl groups is 1. The lowest BCUT2D eigenvalue weighted by Gasteiger charge is -2.17. The molecule has 0 amide bonds. The van der Waals surface area contributed by atoms with Crippen LogP contribution in [0.2, 0.25) is 0 Å². The number of fused-ring (bicyclic) bond motifs is 1. The molecule has 0 bridgehead atoms. The summed E-state index contributed by atoms with van der Waals surface area (Å²) in [6.45, 7) is -0.332. The zero-order valence-corrected chi connectivity index (χ0v) is 12.1. The number of aromatic nitrogens is 4. The summed E-state index contributed by atoms with van der Waals surface area (Å²) >= 11 is 0. The van der Waals surface area contributed by atoms with Crippen molar-refractivity contribution < 1.29 is 28.7 Å². The van der Waals surface area contributed by atoms with Gasteiger partial charge in [0.25, 0.3) is 0 Å². The predicted octanol–water partition coefficient (Wildman–Crippen LogP) is -0.834. The minimum Gasteiger partial charge on any atom is -0.388 e. The molecule has 0 saturated carbocycles. The van der Waals surface area contributed by atoms with Crippen LogP contribution in [0.5, 0.6) is 0 Å². The van der Waals surface area contributed by atoms with Crippen LogP contribution in [0.3, 0.4) is 0 Å². The molecule has 3 heterocycles. The Morgan fingerprint density at radius 3 is 2.95 bits per heavy atom. The van der Waals surface area contributed by atoms with Crippen LogP contribution in [0.25, 0.3) is 11.2 Å². The van der Waals surface area contributed by atoms with E-state index in [0.29, 0.717) is 11.2 Å². The van der Waals surface area contributed by atoms with Gasteiger partial charge < -0.3 is 25.4 Å². The van der Waals surface area contributed by atoms with Crippen LogP contribution in [0.4, 0.5) is 5.82 Å². The quantitative estimate of drug-likeness (QED) is 0.519. The molecule has 1 saturated heterocycles. The molecule has 1 aliphatic heterocycles. The van der Waals surface area contributed by atoms with Crippen molar-refractivity contribution in [3.05, 3.63) is 12.7 Å². The fourth-order valence-electron chi connectivity index (χ4n) is 2.32. The Hall–Kier alpha value is -1.62. The van der Waals surface area contributed by atoms with Gasteiger partial charge in [-0.05, 0) is 0 Å². The molecule has 3 unspecified atom stereocenters. The van der Waals surface area contributed by atoms with Crippen molar-refractivity contribution in [3.63, 3.8) is 0 Å². The summed E-state index contributed by atoms with van der Waals surface area (Å²) in [6.07, 6.45) is 0.472. The van der Waals surface area contributed by atoms with Gasteiger partial charge in [0.15, 0.2) is 17.7 Å². The molecule has 3 atom stereocenters. The van der Waals surface area contributed by atoms with E-state index in [1.165, 1.54) is 17.2 Å². The van der Waals surface area contributed by atoms with Gasteiger partial charge in [-0.1, -0.05) is 0 Å². The Bertz CT molecular complexity index is 732. The van der Waals surface area contributed by atoms with Crippen molar-refractivity contribution in [2.24, 2.45) is 0 Å². The first kappa shape index (κ1) is 15.3. The van der Waals surface area contributed by atoms with Crippen molar-refractivity contribution in [1.82, 2.24) is 19.5 Å². The first-order valence-corrected chi connectivity index (χ1v) is 7.85. The number of nitrogens with two attached hydrogens (primary N) is 1. The van der Waals surface area contributed by atoms with E-state index in [4.69, 9.17) is 20.3 Å². The van der Waals surface area contributed by atoms with Crippen molar-refractivity contribution in [1.29, 1.82) is 0 Å². The highest BCUT2D eigenvalue weighted by Gasteiger charge is 2.37. The van der Waals surface area contributed by atoms with E-state index in [1.54, 1.807) is 0 Å². The Balaban J connectivity index is 1.80. The van der Waals surface area contributed by atoms with Gasteiger partial charge in [0.1, 0.15) is 17.9 Å². The van der Waals surface area contributed by atoms with E-state index in [9.17, 15) is 9.67 Å². The number of imidazole rings is 1. The molecule has 0 aliphatic carbocycles. The molecule has 2 aromatic rings. The van der Waals surface area contributed by atoms with Crippen molar-refractivity contribution >= 4 is 24.8 Å². The Morgan fingerprint density at radius 2 is 2.23 bits per heavy atom. The number of nitrogen functional groups attached to an aromatic ring is 1. The largest absolute Gasteiger partial charge is 0.469 e. The second-order valence-corrected chi connectivity index (χ2v) is 6.06. The topological polar surface area (TPSA) is 166 Å². The highest BCUT2D eigenvalue weighted by atomic mass is 31.2. The maximum atomic E-state index is 10.7. The lowest BCUT2D eigenvalue weighted by Crippen LogP contribution is -2.19. The molecular weight excluding hydrogens is 317 g/mol. The van der Waals surface area contributed by atoms with Gasteiger partial charge >= 0.3 is 7.82 Å². The zero-order chi connectivity index (χ0) is 15.9. The summed E-state index contributed by atoms with van der Waals surface area (Å²) in [4.78, 5) is 29.3. The van der Waals surface area contributed by atoms with Crippen LogP contribution in [-0.2, 0) is 13.8 Å². The van der Waals surface area contributed by atoms with Crippen LogP contribution >= 0.6 is 7.82 Å². The monoisotopic (exact) mass is 331 g/mol. The minimum atomic E-state index is -4.58. The third-order valence-corrected chi connectivity index (χ3v) is 3.74. The first-order chi connectivity index (χ1) is 10.3. The highest BCUT2D eigenvalue weighted by Crippen LogP contribution is 2.38. The predicted molar refractivity (Wildman–Crippen MR) is 72.3 cm³/mol. The molecule has 0 spiro atoms. The zero-order valence-electron chi connectivity index (χ0n) is 11.2. The SMILES string of the molecule is Nc1ncnc2c1ncn2C1OC(COP(=O)(O)O)CC1O. The van der Waals surface area contributed by atoms with Crippen molar-refractivity contribution in [3.8, 4) is 0 Å². The second-order valence-electron chi connectivity index (χ2n) is 4.82. The average Bonchev–Trinajstić information content (AvgIpc) is 3.00. The second kappa shape index (κ2) is 5.54. The fourth-order valence-corrected chi connectivity index (χ4v) is 2.68. The number of ether oxygens (including phenoxy) is 1. The smallest absolute Gasteiger partial charge is 0.388 e. The van der Waals surface area contributed by atoms with E-state index in [0.717, 1.165) is 0 Å². The van der Waals surface area contributed by atoms with Gasteiger partial charge in [0.2, 0.25) is 0 Å². The highest BCUT2D eigenvalue weighted by molar-refractivity contribution is 7.46. The van der Waals surface area contributed by atoms with E-state index < -0.39 is 26.3 Å². The lowest BCUT2D eigenvalue weighted by atomic mass is 10.2. The minimum absolute atomic E-state index is 0.158. The molecule has 1 aliphatic rings. The van der Waals surface area contributed by atoms with Gasteiger partial charge in [0.05, 0.1) is 19.0 Å². The van der Waals surface area contributed by atoms with Gasteiger partial charge in [0, 0.05) is 6.42 Å². The number of hydrogen-bond donors (Lipinski definition) is 4. The molecular formula is C10H14N5O6P. The number of rotatable bonds is 4.